The monoisotopic (exact) mass is 360 g/mol. The summed E-state index contributed by atoms with van der Waals surface area (Å²) in [6.07, 6.45) is 1.52. The van der Waals surface area contributed by atoms with E-state index in [9.17, 15) is 0 Å². The zero-order valence-corrected chi connectivity index (χ0v) is 13.8. The van der Waals surface area contributed by atoms with Gasteiger partial charge in [0.25, 0.3) is 0 Å². The Labute approximate surface area is 135 Å². The average Bonchev–Trinajstić information content (AvgIpc) is 2.81. The Bertz CT molecular complexity index is 840. The number of aromatic nitrogens is 3. The summed E-state index contributed by atoms with van der Waals surface area (Å²) in [4.78, 5) is 8.65. The van der Waals surface area contributed by atoms with Crippen molar-refractivity contribution in [3.8, 4) is 0 Å². The van der Waals surface area contributed by atoms with E-state index in [0.717, 1.165) is 22.2 Å². The molecule has 22 heavy (non-hydrogen) atoms. The Morgan fingerprint density at radius 2 is 2.00 bits per heavy atom. The second kappa shape index (κ2) is 5.79. The van der Waals surface area contributed by atoms with Gasteiger partial charge in [0.15, 0.2) is 0 Å². The Morgan fingerprint density at radius 3 is 2.64 bits per heavy atom. The third-order valence-corrected chi connectivity index (χ3v) is 3.97. The average molecular weight is 359 g/mol. The Kier molecular flexibility index (Phi) is 3.83. The van der Waals surface area contributed by atoms with Crippen LogP contribution in [0.4, 0.5) is 11.6 Å². The Hall–Kier alpha value is -2.37. The number of hydrogen-bond acceptors (Lipinski definition) is 5. The zero-order valence-electron chi connectivity index (χ0n) is 12.1. The van der Waals surface area contributed by atoms with E-state index in [0.29, 0.717) is 22.7 Å². The Morgan fingerprint density at radius 1 is 1.27 bits per heavy atom. The van der Waals surface area contributed by atoms with Gasteiger partial charge >= 0.3 is 135 Å². The standard InChI is InChI=1S/C15H16N6Se/c1-18-14-11-10(13(17)22)12(16)21(15(11)20-8-19-14)7-9-5-3-2-4-6-9/h2-6,8H,7,16H2,1H3,(H2,17,22)(H,18,19,20). The van der Waals surface area contributed by atoms with E-state index in [4.69, 9.17) is 11.5 Å². The number of fused-ring (bicyclic) bond motifs is 1. The van der Waals surface area contributed by atoms with Crippen molar-refractivity contribution in [1.29, 1.82) is 0 Å². The third-order valence-electron chi connectivity index (χ3n) is 3.55. The molecule has 5 N–H and O–H groups in total. The molecule has 6 nitrogen and oxygen atoms in total. The van der Waals surface area contributed by atoms with Gasteiger partial charge in [-0.1, -0.05) is 0 Å². The molecule has 0 saturated heterocycles. The van der Waals surface area contributed by atoms with Crippen molar-refractivity contribution in [3.63, 3.8) is 0 Å². The van der Waals surface area contributed by atoms with Crippen LogP contribution in [-0.4, -0.2) is 41.7 Å². The molecule has 2 heterocycles. The molecule has 0 fully saturated rings. The van der Waals surface area contributed by atoms with Crippen molar-refractivity contribution >= 4 is 42.8 Å². The minimum absolute atomic E-state index is 0.528. The molecule has 0 aliphatic carbocycles. The maximum atomic E-state index is 6.34. The number of anilines is 2. The summed E-state index contributed by atoms with van der Waals surface area (Å²) in [5.74, 6) is 1.28. The van der Waals surface area contributed by atoms with E-state index in [-0.39, 0.29) is 0 Å². The van der Waals surface area contributed by atoms with Crippen LogP contribution in [0.5, 0.6) is 0 Å². The van der Waals surface area contributed by atoms with Crippen molar-refractivity contribution < 1.29 is 0 Å². The van der Waals surface area contributed by atoms with Crippen molar-refractivity contribution in [2.75, 3.05) is 18.1 Å². The molecular weight excluding hydrogens is 343 g/mol. The number of nitrogens with two attached hydrogens (primary N) is 2. The predicted molar refractivity (Wildman–Crippen MR) is 91.1 cm³/mol. The van der Waals surface area contributed by atoms with Gasteiger partial charge in [0.05, 0.1) is 0 Å². The SMILES string of the molecule is CNc1ncnc2c1c(C(N)=[Se])c(N)n2Cc1ccccc1. The van der Waals surface area contributed by atoms with Crippen molar-refractivity contribution in [1.82, 2.24) is 14.5 Å². The number of rotatable bonds is 4. The van der Waals surface area contributed by atoms with Gasteiger partial charge in [-0.05, 0) is 0 Å². The van der Waals surface area contributed by atoms with Crippen LogP contribution in [0.15, 0.2) is 36.7 Å². The molecule has 0 amide bonds. The van der Waals surface area contributed by atoms with Crippen molar-refractivity contribution in [2.45, 2.75) is 6.54 Å². The van der Waals surface area contributed by atoms with E-state index in [1.54, 1.807) is 0 Å². The van der Waals surface area contributed by atoms with Crippen LogP contribution in [0.3, 0.4) is 0 Å². The van der Waals surface area contributed by atoms with Gasteiger partial charge in [0.2, 0.25) is 0 Å². The first-order valence-corrected chi connectivity index (χ1v) is 7.63. The number of nitrogens with zero attached hydrogens (tertiary/aromatic N) is 3. The van der Waals surface area contributed by atoms with Crippen LogP contribution in [0.2, 0.25) is 0 Å². The number of nitrogens with one attached hydrogen (secondary N) is 1. The summed E-state index contributed by atoms with van der Waals surface area (Å²) in [5.41, 5.74) is 15.0. The molecule has 0 atom stereocenters. The van der Waals surface area contributed by atoms with Crippen molar-refractivity contribution in [2.24, 2.45) is 5.73 Å². The van der Waals surface area contributed by atoms with Crippen LogP contribution < -0.4 is 16.8 Å². The molecule has 1 aromatic carbocycles. The fourth-order valence-corrected chi connectivity index (χ4v) is 2.99. The molecular formula is C15H16N6Se. The first-order chi connectivity index (χ1) is 10.6. The van der Waals surface area contributed by atoms with E-state index < -0.39 is 0 Å². The number of hydrogen-bond donors (Lipinski definition) is 3. The summed E-state index contributed by atoms with van der Waals surface area (Å²) in [5, 5.41) is 3.90. The molecule has 0 aliphatic heterocycles. The fourth-order valence-electron chi connectivity index (χ4n) is 2.55. The molecule has 3 rings (SSSR count). The van der Waals surface area contributed by atoms with Crippen molar-refractivity contribution in [3.05, 3.63) is 47.8 Å². The topological polar surface area (TPSA) is 94.8 Å². The predicted octanol–water partition coefficient (Wildman–Crippen LogP) is 0.709. The fraction of sp³-hybridized carbons (Fsp3) is 0.133. The van der Waals surface area contributed by atoms with Crippen LogP contribution in [0.1, 0.15) is 11.1 Å². The summed E-state index contributed by atoms with van der Waals surface area (Å²) >= 11 is 2.84. The normalized spacial score (nSPS) is 10.8. The maximum absolute atomic E-state index is 6.34. The first kappa shape index (κ1) is 14.6. The summed E-state index contributed by atoms with van der Waals surface area (Å²) in [6.45, 7) is 0.622. The first-order valence-electron chi connectivity index (χ1n) is 6.77. The second-order valence-corrected chi connectivity index (χ2v) is 5.79. The van der Waals surface area contributed by atoms with E-state index in [1.807, 2.05) is 29.8 Å². The van der Waals surface area contributed by atoms with Crippen LogP contribution in [-0.2, 0) is 6.54 Å². The van der Waals surface area contributed by atoms with E-state index >= 15 is 0 Å². The third kappa shape index (κ3) is 2.34. The van der Waals surface area contributed by atoms with E-state index in [1.165, 1.54) is 6.33 Å². The minimum atomic E-state index is 0.528. The van der Waals surface area contributed by atoms with Gasteiger partial charge in [0.1, 0.15) is 0 Å². The molecule has 0 spiro atoms. The van der Waals surface area contributed by atoms with Gasteiger partial charge in [-0.3, -0.25) is 0 Å². The van der Waals surface area contributed by atoms with Gasteiger partial charge in [-0.2, -0.15) is 0 Å². The molecule has 112 valence electrons. The summed E-state index contributed by atoms with van der Waals surface area (Å²) in [6, 6.07) is 10.1. The molecule has 3 aromatic rings. The van der Waals surface area contributed by atoms with Crippen LogP contribution in [0, 0.1) is 0 Å². The second-order valence-electron chi connectivity index (χ2n) is 4.87. The Balaban J connectivity index is 2.27. The molecule has 0 radical (unpaired) electrons. The quantitative estimate of drug-likeness (QED) is 0.597. The molecule has 7 heteroatoms. The molecule has 2 aromatic heterocycles. The molecule has 0 bridgehead atoms. The summed E-state index contributed by atoms with van der Waals surface area (Å²) in [7, 11) is 1.81. The number of benzene rings is 1. The number of nitrogen functional groups attached to an aromatic ring is 1. The molecule has 0 saturated carbocycles. The van der Waals surface area contributed by atoms with Crippen LogP contribution >= 0.6 is 0 Å². The van der Waals surface area contributed by atoms with Gasteiger partial charge in [0, 0.05) is 0 Å². The van der Waals surface area contributed by atoms with Gasteiger partial charge in [-0.15, -0.1) is 0 Å². The van der Waals surface area contributed by atoms with Gasteiger partial charge in [-0.25, -0.2) is 0 Å². The van der Waals surface area contributed by atoms with Gasteiger partial charge < -0.3 is 0 Å². The van der Waals surface area contributed by atoms with Crippen LogP contribution in [0.25, 0.3) is 11.0 Å². The molecule has 0 aliphatic rings. The van der Waals surface area contributed by atoms with E-state index in [2.05, 4.69) is 43.0 Å². The summed E-state index contributed by atoms with van der Waals surface area (Å²) < 4.78 is 2.48. The molecule has 0 unspecified atom stereocenters. The zero-order chi connectivity index (χ0) is 15.7.